The molecular weight excluding hydrogens is 328 g/mol. The zero-order valence-corrected chi connectivity index (χ0v) is 12.6. The summed E-state index contributed by atoms with van der Waals surface area (Å²) in [7, 11) is 0. The lowest BCUT2D eigenvalue weighted by molar-refractivity contribution is -0.380. The van der Waals surface area contributed by atoms with Crippen molar-refractivity contribution >= 4 is 39.5 Å². The molecule has 3 aromatic rings. The van der Waals surface area contributed by atoms with Crippen molar-refractivity contribution < 1.29 is 9.72 Å². The van der Waals surface area contributed by atoms with Gasteiger partial charge in [0.05, 0.1) is 27.1 Å². The van der Waals surface area contributed by atoms with E-state index < -0.39 is 4.92 Å². The van der Waals surface area contributed by atoms with Gasteiger partial charge in [0.15, 0.2) is 0 Å². The zero-order chi connectivity index (χ0) is 15.7. The summed E-state index contributed by atoms with van der Waals surface area (Å²) in [6.07, 6.45) is 3.48. The molecule has 9 heteroatoms. The molecule has 7 nitrogen and oxygen atoms in total. The lowest BCUT2D eigenvalue weighted by Gasteiger charge is -1.99. The number of rotatable bonds is 4. The van der Waals surface area contributed by atoms with E-state index in [-0.39, 0.29) is 17.5 Å². The summed E-state index contributed by atoms with van der Waals surface area (Å²) in [5.41, 5.74) is 1.39. The molecule has 0 fully saturated rings. The van der Waals surface area contributed by atoms with Crippen LogP contribution in [0, 0.1) is 10.1 Å². The normalized spacial score (nSPS) is 10.8. The summed E-state index contributed by atoms with van der Waals surface area (Å²) >= 11 is 6.73. The van der Waals surface area contributed by atoms with Crippen molar-refractivity contribution in [3.05, 3.63) is 62.4 Å². The van der Waals surface area contributed by atoms with Gasteiger partial charge in [0, 0.05) is 18.5 Å². The van der Waals surface area contributed by atoms with Crippen LogP contribution in [-0.2, 0) is 6.54 Å². The van der Waals surface area contributed by atoms with E-state index in [1.807, 2.05) is 0 Å². The number of amides is 1. The first-order chi connectivity index (χ1) is 10.5. The molecular formula is C13H9ClN4O3S. The third-order valence-corrected chi connectivity index (χ3v) is 4.15. The number of pyridine rings is 1. The molecule has 0 aliphatic carbocycles. The third-order valence-electron chi connectivity index (χ3n) is 2.89. The molecule has 0 bridgehead atoms. The van der Waals surface area contributed by atoms with Crippen molar-refractivity contribution in [2.24, 2.45) is 0 Å². The number of nitrogens with zero attached hydrogens (tertiary/aromatic N) is 3. The fourth-order valence-corrected chi connectivity index (χ4v) is 2.81. The molecule has 22 heavy (non-hydrogen) atoms. The Morgan fingerprint density at radius 3 is 2.91 bits per heavy atom. The number of hydrogen-bond acceptors (Lipinski definition) is 5. The molecule has 0 unspecified atom stereocenters. The average molecular weight is 337 g/mol. The van der Waals surface area contributed by atoms with Gasteiger partial charge in [-0.05, 0) is 18.2 Å². The molecule has 0 saturated carbocycles. The Morgan fingerprint density at radius 1 is 1.36 bits per heavy atom. The van der Waals surface area contributed by atoms with Gasteiger partial charge in [0.1, 0.15) is 5.65 Å². The number of carbonyl (C=O) groups is 1. The summed E-state index contributed by atoms with van der Waals surface area (Å²) in [5.74, 6) is -0.367. The van der Waals surface area contributed by atoms with Crippen LogP contribution in [0.1, 0.15) is 15.4 Å². The Balaban J connectivity index is 1.70. The van der Waals surface area contributed by atoms with Crippen molar-refractivity contribution in [1.82, 2.24) is 14.7 Å². The standard InChI is InChI=1S/C13H9ClN4O3S/c14-8-1-3-11-16-9(7-17(11)6-8)5-15-13(19)10-2-4-12(22-10)18(20)21/h1-4,6-7H,5H2,(H,15,19). The highest BCUT2D eigenvalue weighted by molar-refractivity contribution is 7.17. The van der Waals surface area contributed by atoms with Crippen molar-refractivity contribution in [2.75, 3.05) is 0 Å². The molecule has 0 aliphatic heterocycles. The van der Waals surface area contributed by atoms with Crippen molar-refractivity contribution in [3.63, 3.8) is 0 Å². The maximum atomic E-state index is 11.9. The van der Waals surface area contributed by atoms with E-state index in [1.54, 1.807) is 28.9 Å². The van der Waals surface area contributed by atoms with Gasteiger partial charge >= 0.3 is 5.00 Å². The van der Waals surface area contributed by atoms with Gasteiger partial charge < -0.3 is 9.72 Å². The van der Waals surface area contributed by atoms with Gasteiger partial charge in [-0.2, -0.15) is 0 Å². The Bertz CT molecular complexity index is 873. The van der Waals surface area contributed by atoms with Crippen molar-refractivity contribution in [3.8, 4) is 0 Å². The molecule has 1 N–H and O–H groups in total. The van der Waals surface area contributed by atoms with E-state index in [4.69, 9.17) is 11.6 Å². The van der Waals surface area contributed by atoms with Crippen LogP contribution in [-0.4, -0.2) is 20.2 Å². The molecule has 0 aliphatic rings. The van der Waals surface area contributed by atoms with Crippen LogP contribution in [0.5, 0.6) is 0 Å². The predicted octanol–water partition coefficient (Wildman–Crippen LogP) is 2.89. The first-order valence-electron chi connectivity index (χ1n) is 6.18. The molecule has 0 radical (unpaired) electrons. The van der Waals surface area contributed by atoms with E-state index in [0.717, 1.165) is 17.0 Å². The smallest absolute Gasteiger partial charge is 0.324 e. The number of halogens is 1. The molecule has 0 atom stereocenters. The number of imidazole rings is 1. The maximum Gasteiger partial charge on any atom is 0.324 e. The third kappa shape index (κ3) is 2.92. The van der Waals surface area contributed by atoms with Gasteiger partial charge in [-0.15, -0.1) is 0 Å². The second-order valence-electron chi connectivity index (χ2n) is 4.42. The SMILES string of the molecule is O=C(NCc1cn2cc(Cl)ccc2n1)c1ccc([N+](=O)[O-])s1. The minimum Gasteiger partial charge on any atom is -0.346 e. The topological polar surface area (TPSA) is 89.5 Å². The second kappa shape index (κ2) is 5.74. The summed E-state index contributed by atoms with van der Waals surface area (Å²) in [5, 5.41) is 13.8. The lowest BCUT2D eigenvalue weighted by atomic mass is 10.4. The van der Waals surface area contributed by atoms with Crippen molar-refractivity contribution in [2.45, 2.75) is 6.54 Å². The Labute approximate surface area is 133 Å². The van der Waals surface area contributed by atoms with E-state index in [0.29, 0.717) is 15.6 Å². The van der Waals surface area contributed by atoms with Gasteiger partial charge in [0.2, 0.25) is 0 Å². The molecule has 0 spiro atoms. The van der Waals surface area contributed by atoms with Crippen LogP contribution in [0.25, 0.3) is 5.65 Å². The summed E-state index contributed by atoms with van der Waals surface area (Å²) in [6.45, 7) is 0.226. The minimum absolute atomic E-state index is 0.0625. The number of carbonyl (C=O) groups excluding carboxylic acids is 1. The molecule has 1 amide bonds. The average Bonchev–Trinajstić information content (AvgIpc) is 3.10. The molecule has 112 valence electrons. The highest BCUT2D eigenvalue weighted by Gasteiger charge is 2.15. The van der Waals surface area contributed by atoms with Gasteiger partial charge in [-0.3, -0.25) is 14.9 Å². The molecule has 3 rings (SSSR count). The Hall–Kier alpha value is -2.45. The van der Waals surface area contributed by atoms with Crippen LogP contribution in [0.3, 0.4) is 0 Å². The van der Waals surface area contributed by atoms with E-state index in [9.17, 15) is 14.9 Å². The molecule has 3 aromatic heterocycles. The number of thiophene rings is 1. The highest BCUT2D eigenvalue weighted by Crippen LogP contribution is 2.23. The molecule has 0 saturated heterocycles. The second-order valence-corrected chi connectivity index (χ2v) is 5.92. The fourth-order valence-electron chi connectivity index (χ4n) is 1.91. The Kier molecular flexibility index (Phi) is 3.78. The van der Waals surface area contributed by atoms with Gasteiger partial charge in [-0.1, -0.05) is 22.9 Å². The number of aromatic nitrogens is 2. The highest BCUT2D eigenvalue weighted by atomic mass is 35.5. The van der Waals surface area contributed by atoms with E-state index in [2.05, 4.69) is 10.3 Å². The fraction of sp³-hybridized carbons (Fsp3) is 0.0769. The number of hydrogen-bond donors (Lipinski definition) is 1. The quantitative estimate of drug-likeness (QED) is 0.586. The number of nitrogens with one attached hydrogen (secondary N) is 1. The van der Waals surface area contributed by atoms with Crippen LogP contribution in [0.4, 0.5) is 5.00 Å². The summed E-state index contributed by atoms with van der Waals surface area (Å²) in [6, 6.07) is 6.25. The van der Waals surface area contributed by atoms with E-state index >= 15 is 0 Å². The minimum atomic E-state index is -0.521. The van der Waals surface area contributed by atoms with Crippen LogP contribution in [0.2, 0.25) is 5.02 Å². The van der Waals surface area contributed by atoms with Crippen LogP contribution in [0.15, 0.2) is 36.7 Å². The first kappa shape index (κ1) is 14.5. The van der Waals surface area contributed by atoms with Gasteiger partial charge in [-0.25, -0.2) is 4.98 Å². The predicted molar refractivity (Wildman–Crippen MR) is 82.3 cm³/mol. The zero-order valence-electron chi connectivity index (χ0n) is 11.0. The van der Waals surface area contributed by atoms with Crippen LogP contribution >= 0.6 is 22.9 Å². The van der Waals surface area contributed by atoms with Gasteiger partial charge in [0.25, 0.3) is 5.91 Å². The maximum absolute atomic E-state index is 11.9. The molecule has 0 aromatic carbocycles. The summed E-state index contributed by atoms with van der Waals surface area (Å²) < 4.78 is 1.76. The van der Waals surface area contributed by atoms with E-state index in [1.165, 1.54) is 12.1 Å². The van der Waals surface area contributed by atoms with Crippen molar-refractivity contribution in [1.29, 1.82) is 0 Å². The summed E-state index contributed by atoms with van der Waals surface area (Å²) in [4.78, 5) is 26.7. The number of fused-ring (bicyclic) bond motifs is 1. The van der Waals surface area contributed by atoms with Crippen LogP contribution < -0.4 is 5.32 Å². The first-order valence-corrected chi connectivity index (χ1v) is 7.38. The largest absolute Gasteiger partial charge is 0.346 e. The Morgan fingerprint density at radius 2 is 2.18 bits per heavy atom. The molecule has 3 heterocycles. The lowest BCUT2D eigenvalue weighted by Crippen LogP contribution is -2.21. The number of nitro groups is 1. The monoisotopic (exact) mass is 336 g/mol.